The van der Waals surface area contributed by atoms with E-state index in [1.807, 2.05) is 17.3 Å². The molecule has 2 heterocycles. The Hall–Kier alpha value is -2.63. The molecule has 3 rings (SSSR count). The lowest BCUT2D eigenvalue weighted by Crippen LogP contribution is -2.37. The Labute approximate surface area is 140 Å². The van der Waals surface area contributed by atoms with Crippen molar-refractivity contribution in [2.45, 2.75) is 31.6 Å². The van der Waals surface area contributed by atoms with Crippen LogP contribution in [0.3, 0.4) is 0 Å². The standard InChI is InChI=1S/C18H21N3O3/c22-17(6-3-13-1-4-15(5-2-13)18(23)24)21-9-7-14(8-10-21)16-11-19-20-12-16/h1-2,4-5,11-12,14H,3,6-10H2,(H,19,20)(H,23,24). The van der Waals surface area contributed by atoms with Crippen LogP contribution >= 0.6 is 0 Å². The minimum atomic E-state index is -0.932. The second-order valence-corrected chi connectivity index (χ2v) is 6.19. The molecule has 2 N–H and O–H groups in total. The number of rotatable bonds is 5. The molecule has 6 heteroatoms. The Kier molecular flexibility index (Phi) is 4.93. The summed E-state index contributed by atoms with van der Waals surface area (Å²) < 4.78 is 0. The highest BCUT2D eigenvalue weighted by atomic mass is 16.4. The third kappa shape index (κ3) is 3.82. The molecule has 1 aromatic heterocycles. The van der Waals surface area contributed by atoms with Gasteiger partial charge < -0.3 is 10.0 Å². The van der Waals surface area contributed by atoms with Gasteiger partial charge in [0.05, 0.1) is 11.8 Å². The Morgan fingerprint density at radius 2 is 1.92 bits per heavy atom. The van der Waals surface area contributed by atoms with Crippen LogP contribution in [0, 0.1) is 0 Å². The molecule has 0 atom stereocenters. The number of benzene rings is 1. The first-order valence-electron chi connectivity index (χ1n) is 8.22. The maximum absolute atomic E-state index is 12.4. The van der Waals surface area contributed by atoms with Gasteiger partial charge in [-0.2, -0.15) is 5.10 Å². The number of aromatic amines is 1. The average molecular weight is 327 g/mol. The number of amides is 1. The molecule has 126 valence electrons. The molecule has 1 aromatic carbocycles. The number of H-pyrrole nitrogens is 1. The summed E-state index contributed by atoms with van der Waals surface area (Å²) in [7, 11) is 0. The first-order valence-corrected chi connectivity index (χ1v) is 8.22. The van der Waals surface area contributed by atoms with Crippen LogP contribution in [0.1, 0.15) is 46.7 Å². The lowest BCUT2D eigenvalue weighted by Gasteiger charge is -2.31. The summed E-state index contributed by atoms with van der Waals surface area (Å²) in [4.78, 5) is 25.1. The highest BCUT2D eigenvalue weighted by Gasteiger charge is 2.24. The normalized spacial score (nSPS) is 15.4. The summed E-state index contributed by atoms with van der Waals surface area (Å²) >= 11 is 0. The molecule has 6 nitrogen and oxygen atoms in total. The predicted molar refractivity (Wildman–Crippen MR) is 88.9 cm³/mol. The Balaban J connectivity index is 1.46. The van der Waals surface area contributed by atoms with Crippen molar-refractivity contribution in [2.24, 2.45) is 0 Å². The van der Waals surface area contributed by atoms with Crippen molar-refractivity contribution in [3.05, 3.63) is 53.3 Å². The average Bonchev–Trinajstić information content (AvgIpc) is 3.15. The Morgan fingerprint density at radius 3 is 2.50 bits per heavy atom. The van der Waals surface area contributed by atoms with E-state index in [2.05, 4.69) is 10.2 Å². The lowest BCUT2D eigenvalue weighted by atomic mass is 9.91. The second-order valence-electron chi connectivity index (χ2n) is 6.19. The van der Waals surface area contributed by atoms with Crippen molar-refractivity contribution < 1.29 is 14.7 Å². The van der Waals surface area contributed by atoms with Crippen LogP contribution in [0.5, 0.6) is 0 Å². The first kappa shape index (κ1) is 16.2. The van der Waals surface area contributed by atoms with Crippen LogP contribution < -0.4 is 0 Å². The molecule has 0 radical (unpaired) electrons. The number of aryl methyl sites for hydroxylation is 1. The maximum Gasteiger partial charge on any atom is 0.335 e. The number of piperidine rings is 1. The molecule has 24 heavy (non-hydrogen) atoms. The van der Waals surface area contributed by atoms with Gasteiger partial charge in [0.25, 0.3) is 0 Å². The molecular weight excluding hydrogens is 306 g/mol. The van der Waals surface area contributed by atoms with Gasteiger partial charge in [-0.3, -0.25) is 9.89 Å². The molecule has 0 saturated carbocycles. The van der Waals surface area contributed by atoms with Gasteiger partial charge in [-0.15, -0.1) is 0 Å². The molecule has 0 aliphatic carbocycles. The smallest absolute Gasteiger partial charge is 0.335 e. The van der Waals surface area contributed by atoms with Gasteiger partial charge >= 0.3 is 5.97 Å². The fourth-order valence-electron chi connectivity index (χ4n) is 3.17. The zero-order valence-corrected chi connectivity index (χ0v) is 13.4. The van der Waals surface area contributed by atoms with Crippen molar-refractivity contribution >= 4 is 11.9 Å². The summed E-state index contributed by atoms with van der Waals surface area (Å²) in [5.74, 6) is -0.280. The highest BCUT2D eigenvalue weighted by Crippen LogP contribution is 2.27. The largest absolute Gasteiger partial charge is 0.478 e. The third-order valence-electron chi connectivity index (χ3n) is 4.67. The summed E-state index contributed by atoms with van der Waals surface area (Å²) in [6.45, 7) is 1.57. The minimum absolute atomic E-state index is 0.169. The van der Waals surface area contributed by atoms with Gasteiger partial charge in [0.2, 0.25) is 5.91 Å². The Morgan fingerprint density at radius 1 is 1.21 bits per heavy atom. The van der Waals surface area contributed by atoms with Crippen molar-refractivity contribution in [2.75, 3.05) is 13.1 Å². The molecule has 1 fully saturated rings. The number of nitrogens with one attached hydrogen (secondary N) is 1. The maximum atomic E-state index is 12.4. The summed E-state index contributed by atoms with van der Waals surface area (Å²) in [6, 6.07) is 6.72. The van der Waals surface area contributed by atoms with Crippen LogP contribution in [0.25, 0.3) is 0 Å². The number of carbonyl (C=O) groups is 2. The number of carbonyl (C=O) groups excluding carboxylic acids is 1. The van der Waals surface area contributed by atoms with Crippen LogP contribution in [0.2, 0.25) is 0 Å². The molecule has 1 amide bonds. The van der Waals surface area contributed by atoms with Gasteiger partial charge in [-0.25, -0.2) is 4.79 Å². The third-order valence-corrected chi connectivity index (χ3v) is 4.67. The number of likely N-dealkylation sites (tertiary alicyclic amines) is 1. The zero-order valence-electron chi connectivity index (χ0n) is 13.4. The summed E-state index contributed by atoms with van der Waals surface area (Å²) in [5.41, 5.74) is 2.48. The number of carboxylic acid groups (broad SMARTS) is 1. The lowest BCUT2D eigenvalue weighted by molar-refractivity contribution is -0.132. The van der Waals surface area contributed by atoms with E-state index in [4.69, 9.17) is 5.11 Å². The molecule has 0 spiro atoms. The topological polar surface area (TPSA) is 86.3 Å². The van der Waals surface area contributed by atoms with E-state index in [1.54, 1.807) is 24.3 Å². The quantitative estimate of drug-likeness (QED) is 0.883. The van der Waals surface area contributed by atoms with Crippen LogP contribution in [-0.2, 0) is 11.2 Å². The SMILES string of the molecule is O=C(O)c1ccc(CCC(=O)N2CCC(c3cn[nH]c3)CC2)cc1. The first-order chi connectivity index (χ1) is 11.6. The fraction of sp³-hybridized carbons (Fsp3) is 0.389. The molecule has 1 saturated heterocycles. The number of carboxylic acids is 1. The molecule has 1 aliphatic heterocycles. The van der Waals surface area contributed by atoms with Gasteiger partial charge in [0.15, 0.2) is 0 Å². The van der Waals surface area contributed by atoms with E-state index in [0.717, 1.165) is 31.5 Å². The van der Waals surface area contributed by atoms with Gasteiger partial charge in [0.1, 0.15) is 0 Å². The second kappa shape index (κ2) is 7.29. The monoisotopic (exact) mass is 327 g/mol. The molecule has 2 aromatic rings. The van der Waals surface area contributed by atoms with Crippen molar-refractivity contribution in [3.63, 3.8) is 0 Å². The molecule has 1 aliphatic rings. The van der Waals surface area contributed by atoms with Crippen LogP contribution in [0.15, 0.2) is 36.7 Å². The fourth-order valence-corrected chi connectivity index (χ4v) is 3.17. The van der Waals surface area contributed by atoms with Gasteiger partial charge in [-0.05, 0) is 48.4 Å². The van der Waals surface area contributed by atoms with Crippen molar-refractivity contribution in [3.8, 4) is 0 Å². The van der Waals surface area contributed by atoms with Crippen molar-refractivity contribution in [1.82, 2.24) is 15.1 Å². The summed E-state index contributed by atoms with van der Waals surface area (Å²) in [6.07, 6.45) is 6.84. The van der Waals surface area contributed by atoms with Crippen molar-refractivity contribution in [1.29, 1.82) is 0 Å². The van der Waals surface area contributed by atoms with E-state index >= 15 is 0 Å². The number of hydrogen-bond donors (Lipinski definition) is 2. The van der Waals surface area contributed by atoms with Gasteiger partial charge in [-0.1, -0.05) is 12.1 Å². The van der Waals surface area contributed by atoms with Crippen LogP contribution in [-0.4, -0.2) is 45.2 Å². The summed E-state index contributed by atoms with van der Waals surface area (Å²) in [5, 5.41) is 15.7. The number of nitrogens with zero attached hydrogens (tertiary/aromatic N) is 2. The number of hydrogen-bond acceptors (Lipinski definition) is 3. The van der Waals surface area contributed by atoms with E-state index in [9.17, 15) is 9.59 Å². The van der Waals surface area contributed by atoms with Gasteiger partial charge in [0, 0.05) is 25.7 Å². The number of aromatic carboxylic acids is 1. The predicted octanol–water partition coefficient (Wildman–Crippen LogP) is 2.45. The Bertz CT molecular complexity index is 687. The van der Waals surface area contributed by atoms with E-state index < -0.39 is 5.97 Å². The van der Waals surface area contributed by atoms with E-state index in [1.165, 1.54) is 5.56 Å². The van der Waals surface area contributed by atoms with E-state index in [-0.39, 0.29) is 11.5 Å². The molecular formula is C18H21N3O3. The van der Waals surface area contributed by atoms with E-state index in [0.29, 0.717) is 18.8 Å². The molecule has 0 bridgehead atoms. The highest BCUT2D eigenvalue weighted by molar-refractivity contribution is 5.87. The molecule has 0 unspecified atom stereocenters. The van der Waals surface area contributed by atoms with Crippen LogP contribution in [0.4, 0.5) is 0 Å². The number of aromatic nitrogens is 2. The zero-order chi connectivity index (χ0) is 16.9. The minimum Gasteiger partial charge on any atom is -0.478 e.